The van der Waals surface area contributed by atoms with Crippen molar-refractivity contribution in [3.05, 3.63) is 48.0 Å². The highest BCUT2D eigenvalue weighted by molar-refractivity contribution is 5.82. The zero-order valence-electron chi connectivity index (χ0n) is 10.8. The van der Waals surface area contributed by atoms with Gasteiger partial charge in [0.05, 0.1) is 6.07 Å². The zero-order valence-corrected chi connectivity index (χ0v) is 10.8. The first-order valence-corrected chi connectivity index (χ1v) is 6.33. The molecule has 0 aliphatic carbocycles. The van der Waals surface area contributed by atoms with E-state index in [2.05, 4.69) is 60.5 Å². The van der Waals surface area contributed by atoms with Crippen molar-refractivity contribution in [1.29, 1.82) is 5.26 Å². The molecule has 2 aromatic carbocycles. The lowest BCUT2D eigenvalue weighted by molar-refractivity contribution is 0.324. The molecule has 0 atom stereocenters. The van der Waals surface area contributed by atoms with Crippen LogP contribution < -0.4 is 0 Å². The van der Waals surface area contributed by atoms with Crippen molar-refractivity contribution in [1.82, 2.24) is 4.90 Å². The summed E-state index contributed by atoms with van der Waals surface area (Å²) in [6.07, 6.45) is 1.59. The SMILES string of the molecule is CN(CCCC#N)Cc1ccc2ccccc2c1. The minimum absolute atomic E-state index is 0.641. The van der Waals surface area contributed by atoms with Gasteiger partial charge in [-0.05, 0) is 42.4 Å². The van der Waals surface area contributed by atoms with Crippen molar-refractivity contribution in [2.24, 2.45) is 0 Å². The van der Waals surface area contributed by atoms with Crippen LogP contribution in [0, 0.1) is 11.3 Å². The molecule has 0 aromatic heterocycles. The maximum Gasteiger partial charge on any atom is 0.0622 e. The van der Waals surface area contributed by atoms with Crippen molar-refractivity contribution in [3.8, 4) is 6.07 Å². The van der Waals surface area contributed by atoms with Crippen LogP contribution in [0.2, 0.25) is 0 Å². The molecule has 0 amide bonds. The van der Waals surface area contributed by atoms with Crippen molar-refractivity contribution in [3.63, 3.8) is 0 Å². The second kappa shape index (κ2) is 6.18. The van der Waals surface area contributed by atoms with Crippen molar-refractivity contribution in [2.45, 2.75) is 19.4 Å². The molecule has 0 heterocycles. The molecule has 0 spiro atoms. The lowest BCUT2D eigenvalue weighted by Crippen LogP contribution is -2.18. The maximum absolute atomic E-state index is 8.52. The van der Waals surface area contributed by atoms with Gasteiger partial charge in [-0.15, -0.1) is 0 Å². The van der Waals surface area contributed by atoms with Crippen LogP contribution in [0.3, 0.4) is 0 Å². The third-order valence-corrected chi connectivity index (χ3v) is 3.09. The van der Waals surface area contributed by atoms with E-state index < -0.39 is 0 Å². The minimum Gasteiger partial charge on any atom is -0.302 e. The topological polar surface area (TPSA) is 27.0 Å². The van der Waals surface area contributed by atoms with E-state index in [0.29, 0.717) is 6.42 Å². The lowest BCUT2D eigenvalue weighted by Gasteiger charge is -2.16. The molecule has 2 rings (SSSR count). The monoisotopic (exact) mass is 238 g/mol. The van der Waals surface area contributed by atoms with E-state index in [1.54, 1.807) is 0 Å². The van der Waals surface area contributed by atoms with Crippen LogP contribution in [0.1, 0.15) is 18.4 Å². The smallest absolute Gasteiger partial charge is 0.0622 e. The Morgan fingerprint density at radius 2 is 1.89 bits per heavy atom. The number of benzene rings is 2. The summed E-state index contributed by atoms with van der Waals surface area (Å²) in [7, 11) is 2.10. The van der Waals surface area contributed by atoms with E-state index in [4.69, 9.17) is 5.26 Å². The van der Waals surface area contributed by atoms with Crippen LogP contribution >= 0.6 is 0 Å². The number of nitrogens with zero attached hydrogens (tertiary/aromatic N) is 2. The highest BCUT2D eigenvalue weighted by atomic mass is 15.1. The third kappa shape index (κ3) is 3.32. The van der Waals surface area contributed by atoms with Crippen LogP contribution in [0.5, 0.6) is 0 Å². The molecule has 18 heavy (non-hydrogen) atoms. The number of rotatable bonds is 5. The Labute approximate surface area is 108 Å². The summed E-state index contributed by atoms with van der Waals surface area (Å²) in [5.41, 5.74) is 1.33. The van der Waals surface area contributed by atoms with E-state index >= 15 is 0 Å². The van der Waals surface area contributed by atoms with Crippen LogP contribution in [-0.4, -0.2) is 18.5 Å². The van der Waals surface area contributed by atoms with Gasteiger partial charge in [0.15, 0.2) is 0 Å². The molecular formula is C16H18N2. The van der Waals surface area contributed by atoms with Gasteiger partial charge < -0.3 is 4.90 Å². The molecule has 0 unspecified atom stereocenters. The molecule has 92 valence electrons. The Bertz CT molecular complexity index is 554. The Kier molecular flexibility index (Phi) is 4.33. The predicted octanol–water partition coefficient (Wildman–Crippen LogP) is 3.58. The van der Waals surface area contributed by atoms with Gasteiger partial charge in [-0.25, -0.2) is 0 Å². The fraction of sp³-hybridized carbons (Fsp3) is 0.312. The van der Waals surface area contributed by atoms with Gasteiger partial charge in [-0.3, -0.25) is 0 Å². The second-order valence-electron chi connectivity index (χ2n) is 4.68. The highest BCUT2D eigenvalue weighted by Crippen LogP contribution is 2.16. The summed E-state index contributed by atoms with van der Waals surface area (Å²) in [4.78, 5) is 2.27. The van der Waals surface area contributed by atoms with Gasteiger partial charge >= 0.3 is 0 Å². The molecule has 2 aromatic rings. The standard InChI is InChI=1S/C16H18N2/c1-18(11-5-4-10-17)13-14-8-9-15-6-2-3-7-16(15)12-14/h2-3,6-9,12H,4-5,11,13H2,1H3. The van der Waals surface area contributed by atoms with Crippen molar-refractivity contribution < 1.29 is 0 Å². The molecule has 0 radical (unpaired) electrons. The summed E-state index contributed by atoms with van der Waals surface area (Å²) >= 11 is 0. The third-order valence-electron chi connectivity index (χ3n) is 3.09. The summed E-state index contributed by atoms with van der Waals surface area (Å²) in [5, 5.41) is 11.1. The Morgan fingerprint density at radius 1 is 1.11 bits per heavy atom. The number of hydrogen-bond acceptors (Lipinski definition) is 2. The molecule has 0 bridgehead atoms. The van der Waals surface area contributed by atoms with Crippen molar-refractivity contribution >= 4 is 10.8 Å². The Balaban J connectivity index is 2.01. The molecule has 0 aliphatic rings. The highest BCUT2D eigenvalue weighted by Gasteiger charge is 2.01. The average molecular weight is 238 g/mol. The Hall–Kier alpha value is -1.85. The molecule has 0 fully saturated rings. The largest absolute Gasteiger partial charge is 0.302 e. The summed E-state index contributed by atoms with van der Waals surface area (Å²) in [6, 6.07) is 17.2. The van der Waals surface area contributed by atoms with E-state index in [-0.39, 0.29) is 0 Å². The predicted molar refractivity (Wildman–Crippen MR) is 75.1 cm³/mol. The molecule has 0 N–H and O–H groups in total. The average Bonchev–Trinajstić information content (AvgIpc) is 2.39. The molecular weight excluding hydrogens is 220 g/mol. The number of fused-ring (bicyclic) bond motifs is 1. The lowest BCUT2D eigenvalue weighted by atomic mass is 10.1. The van der Waals surface area contributed by atoms with Gasteiger partial charge in [0.1, 0.15) is 0 Å². The van der Waals surface area contributed by atoms with Crippen molar-refractivity contribution in [2.75, 3.05) is 13.6 Å². The zero-order chi connectivity index (χ0) is 12.8. The van der Waals surface area contributed by atoms with Crippen LogP contribution in [-0.2, 0) is 6.54 Å². The van der Waals surface area contributed by atoms with Crippen LogP contribution in [0.15, 0.2) is 42.5 Å². The molecule has 2 nitrogen and oxygen atoms in total. The molecule has 0 saturated heterocycles. The normalized spacial score (nSPS) is 10.7. The summed E-state index contributed by atoms with van der Waals surface area (Å²) in [5.74, 6) is 0. The van der Waals surface area contributed by atoms with E-state index in [1.807, 2.05) is 0 Å². The number of nitriles is 1. The quantitative estimate of drug-likeness (QED) is 0.744. The first-order chi connectivity index (χ1) is 8.79. The van der Waals surface area contributed by atoms with Crippen LogP contribution in [0.4, 0.5) is 0 Å². The summed E-state index contributed by atoms with van der Waals surface area (Å²) in [6.45, 7) is 1.91. The fourth-order valence-corrected chi connectivity index (χ4v) is 2.16. The van der Waals surface area contributed by atoms with Gasteiger partial charge in [0.2, 0.25) is 0 Å². The number of unbranched alkanes of at least 4 members (excludes halogenated alkanes) is 1. The molecule has 0 aliphatic heterocycles. The first-order valence-electron chi connectivity index (χ1n) is 6.33. The van der Waals surface area contributed by atoms with E-state index in [9.17, 15) is 0 Å². The molecule has 0 saturated carbocycles. The Morgan fingerprint density at radius 3 is 2.67 bits per heavy atom. The first kappa shape index (κ1) is 12.6. The van der Waals surface area contributed by atoms with Gasteiger partial charge in [-0.2, -0.15) is 5.26 Å². The summed E-state index contributed by atoms with van der Waals surface area (Å²) < 4.78 is 0. The maximum atomic E-state index is 8.52. The van der Waals surface area contributed by atoms with Crippen LogP contribution in [0.25, 0.3) is 10.8 Å². The van der Waals surface area contributed by atoms with E-state index in [0.717, 1.165) is 19.5 Å². The minimum atomic E-state index is 0.641. The molecule has 2 heteroatoms. The van der Waals surface area contributed by atoms with E-state index in [1.165, 1.54) is 16.3 Å². The van der Waals surface area contributed by atoms with Gasteiger partial charge in [-0.1, -0.05) is 36.4 Å². The number of hydrogen-bond donors (Lipinski definition) is 0. The second-order valence-corrected chi connectivity index (χ2v) is 4.68. The van der Waals surface area contributed by atoms with Gasteiger partial charge in [0, 0.05) is 13.0 Å². The van der Waals surface area contributed by atoms with Gasteiger partial charge in [0.25, 0.3) is 0 Å². The fourth-order valence-electron chi connectivity index (χ4n) is 2.16.